The molecule has 0 radical (unpaired) electrons. The third kappa shape index (κ3) is 8.22. The molecule has 2 unspecified atom stereocenters. The molecule has 0 aromatic rings. The molecule has 0 fully saturated rings. The van der Waals surface area contributed by atoms with Crippen LogP contribution < -0.4 is 0 Å². The number of aliphatic hydroxyl groups excluding tert-OH is 2. The molecule has 0 aliphatic heterocycles. The molecule has 0 saturated heterocycles. The smallest absolute Gasteiger partial charge is 0.0773 e. The van der Waals surface area contributed by atoms with Crippen molar-refractivity contribution in [2.45, 2.75) is 51.7 Å². The van der Waals surface area contributed by atoms with Gasteiger partial charge in [-0.15, -0.1) is 0 Å². The van der Waals surface area contributed by atoms with Crippen molar-refractivity contribution in [3.63, 3.8) is 0 Å². The van der Waals surface area contributed by atoms with Crippen LogP contribution in [-0.2, 0) is 4.74 Å². The minimum absolute atomic E-state index is 0.342. The second-order valence-electron chi connectivity index (χ2n) is 3.42. The highest BCUT2D eigenvalue weighted by Gasteiger charge is 2.05. The Hall–Kier alpha value is -0.120. The molecule has 0 amide bonds. The van der Waals surface area contributed by atoms with Crippen LogP contribution in [0, 0.1) is 0 Å². The number of ether oxygens (including phenoxy) is 1. The molecule has 2 N–H and O–H groups in total. The predicted molar refractivity (Wildman–Crippen MR) is 52.6 cm³/mol. The monoisotopic (exact) mass is 190 g/mol. The van der Waals surface area contributed by atoms with Crippen LogP contribution in [0.4, 0.5) is 0 Å². The summed E-state index contributed by atoms with van der Waals surface area (Å²) in [6.45, 7) is 4.73. The first-order valence-corrected chi connectivity index (χ1v) is 5.14. The zero-order valence-corrected chi connectivity index (χ0v) is 8.70. The molecule has 80 valence electrons. The Bertz CT molecular complexity index is 94.3. The van der Waals surface area contributed by atoms with Crippen LogP contribution in [0.1, 0.15) is 39.5 Å². The highest BCUT2D eigenvalue weighted by molar-refractivity contribution is 4.55. The quantitative estimate of drug-likeness (QED) is 0.607. The van der Waals surface area contributed by atoms with Gasteiger partial charge in [-0.25, -0.2) is 0 Å². The maximum atomic E-state index is 9.29. The molecule has 0 aliphatic carbocycles. The Morgan fingerprint density at radius 1 is 0.923 bits per heavy atom. The third-order valence-electron chi connectivity index (χ3n) is 1.86. The van der Waals surface area contributed by atoms with Crippen molar-refractivity contribution in [3.8, 4) is 0 Å². The highest BCUT2D eigenvalue weighted by atomic mass is 16.5. The van der Waals surface area contributed by atoms with Gasteiger partial charge >= 0.3 is 0 Å². The Labute approximate surface area is 80.7 Å². The topological polar surface area (TPSA) is 49.7 Å². The lowest BCUT2D eigenvalue weighted by Crippen LogP contribution is -2.21. The summed E-state index contributed by atoms with van der Waals surface area (Å²) in [5.74, 6) is 0. The molecule has 2 atom stereocenters. The Morgan fingerprint density at radius 2 is 1.31 bits per heavy atom. The van der Waals surface area contributed by atoms with E-state index in [0.29, 0.717) is 13.2 Å². The second-order valence-corrected chi connectivity index (χ2v) is 3.42. The van der Waals surface area contributed by atoms with Gasteiger partial charge in [-0.1, -0.05) is 26.7 Å². The Kier molecular flexibility index (Phi) is 8.40. The fourth-order valence-electron chi connectivity index (χ4n) is 1.17. The van der Waals surface area contributed by atoms with E-state index in [4.69, 9.17) is 4.74 Å². The SMILES string of the molecule is CCCC(O)COCC(O)CCC. The summed E-state index contributed by atoms with van der Waals surface area (Å²) in [7, 11) is 0. The van der Waals surface area contributed by atoms with Gasteiger partial charge < -0.3 is 14.9 Å². The van der Waals surface area contributed by atoms with Crippen molar-refractivity contribution in [3.05, 3.63) is 0 Å². The van der Waals surface area contributed by atoms with E-state index < -0.39 is 0 Å². The lowest BCUT2D eigenvalue weighted by molar-refractivity contribution is -0.0120. The van der Waals surface area contributed by atoms with E-state index in [-0.39, 0.29) is 12.2 Å². The van der Waals surface area contributed by atoms with Crippen molar-refractivity contribution < 1.29 is 14.9 Å². The van der Waals surface area contributed by atoms with E-state index in [0.717, 1.165) is 25.7 Å². The standard InChI is InChI=1S/C10H22O3/c1-3-5-9(11)7-13-8-10(12)6-4-2/h9-12H,3-8H2,1-2H3. The van der Waals surface area contributed by atoms with Crippen LogP contribution in [-0.4, -0.2) is 35.6 Å². The van der Waals surface area contributed by atoms with Gasteiger partial charge in [-0.3, -0.25) is 0 Å². The van der Waals surface area contributed by atoms with Crippen LogP contribution in [0.25, 0.3) is 0 Å². The van der Waals surface area contributed by atoms with Gasteiger partial charge in [-0.05, 0) is 12.8 Å². The summed E-state index contributed by atoms with van der Waals surface area (Å²) < 4.78 is 5.16. The van der Waals surface area contributed by atoms with Crippen LogP contribution in [0.15, 0.2) is 0 Å². The van der Waals surface area contributed by atoms with E-state index in [2.05, 4.69) is 0 Å². The molecule has 0 bridgehead atoms. The van der Waals surface area contributed by atoms with Crippen molar-refractivity contribution in [2.24, 2.45) is 0 Å². The van der Waals surface area contributed by atoms with E-state index >= 15 is 0 Å². The number of hydrogen-bond acceptors (Lipinski definition) is 3. The molecular formula is C10H22O3. The zero-order chi connectivity index (χ0) is 10.1. The number of aliphatic hydroxyl groups is 2. The third-order valence-corrected chi connectivity index (χ3v) is 1.86. The molecule has 13 heavy (non-hydrogen) atoms. The van der Waals surface area contributed by atoms with Crippen molar-refractivity contribution in [1.82, 2.24) is 0 Å². The molecule has 0 aliphatic rings. The first-order valence-electron chi connectivity index (χ1n) is 5.14. The fourth-order valence-corrected chi connectivity index (χ4v) is 1.17. The van der Waals surface area contributed by atoms with Crippen LogP contribution >= 0.6 is 0 Å². The Morgan fingerprint density at radius 3 is 1.62 bits per heavy atom. The summed E-state index contributed by atoms with van der Waals surface area (Å²) >= 11 is 0. The van der Waals surface area contributed by atoms with Gasteiger partial charge in [0.05, 0.1) is 25.4 Å². The largest absolute Gasteiger partial charge is 0.391 e. The van der Waals surface area contributed by atoms with Gasteiger partial charge in [0, 0.05) is 0 Å². The molecule has 3 nitrogen and oxygen atoms in total. The summed E-state index contributed by atoms with van der Waals surface area (Å²) in [5.41, 5.74) is 0. The normalized spacial score (nSPS) is 15.7. The maximum absolute atomic E-state index is 9.29. The van der Waals surface area contributed by atoms with Gasteiger partial charge in [0.15, 0.2) is 0 Å². The van der Waals surface area contributed by atoms with Crippen LogP contribution in [0.2, 0.25) is 0 Å². The molecule has 0 aromatic heterocycles. The average molecular weight is 190 g/mol. The van der Waals surface area contributed by atoms with E-state index in [1.54, 1.807) is 0 Å². The maximum Gasteiger partial charge on any atom is 0.0773 e. The summed E-state index contributed by atoms with van der Waals surface area (Å²) in [5, 5.41) is 18.6. The molecular weight excluding hydrogens is 168 g/mol. The number of hydrogen-bond donors (Lipinski definition) is 2. The highest BCUT2D eigenvalue weighted by Crippen LogP contribution is 2.00. The second kappa shape index (κ2) is 8.48. The van der Waals surface area contributed by atoms with Crippen molar-refractivity contribution >= 4 is 0 Å². The lowest BCUT2D eigenvalue weighted by Gasteiger charge is -2.12. The number of rotatable bonds is 8. The molecule has 0 rings (SSSR count). The first-order chi connectivity index (χ1) is 6.20. The van der Waals surface area contributed by atoms with E-state index in [1.165, 1.54) is 0 Å². The van der Waals surface area contributed by atoms with Gasteiger partial charge in [0.2, 0.25) is 0 Å². The Balaban J connectivity index is 3.23. The average Bonchev–Trinajstić information content (AvgIpc) is 2.05. The van der Waals surface area contributed by atoms with Gasteiger partial charge in [0.25, 0.3) is 0 Å². The van der Waals surface area contributed by atoms with Crippen LogP contribution in [0.5, 0.6) is 0 Å². The van der Waals surface area contributed by atoms with Crippen LogP contribution in [0.3, 0.4) is 0 Å². The minimum atomic E-state index is -0.376. The van der Waals surface area contributed by atoms with Gasteiger partial charge in [0.1, 0.15) is 0 Å². The van der Waals surface area contributed by atoms with Crippen molar-refractivity contribution in [1.29, 1.82) is 0 Å². The predicted octanol–water partition coefficient (Wildman–Crippen LogP) is 1.33. The fraction of sp³-hybridized carbons (Fsp3) is 1.00. The van der Waals surface area contributed by atoms with Crippen molar-refractivity contribution in [2.75, 3.05) is 13.2 Å². The summed E-state index contributed by atoms with van der Waals surface area (Å²) in [6, 6.07) is 0. The lowest BCUT2D eigenvalue weighted by atomic mass is 10.2. The summed E-state index contributed by atoms with van der Waals surface area (Å²) in [4.78, 5) is 0. The minimum Gasteiger partial charge on any atom is -0.391 e. The first kappa shape index (κ1) is 12.9. The zero-order valence-electron chi connectivity index (χ0n) is 8.70. The summed E-state index contributed by atoms with van der Waals surface area (Å²) in [6.07, 6.45) is 2.70. The van der Waals surface area contributed by atoms with E-state index in [1.807, 2.05) is 13.8 Å². The van der Waals surface area contributed by atoms with E-state index in [9.17, 15) is 10.2 Å². The molecule has 3 heteroatoms. The molecule has 0 heterocycles. The molecule has 0 saturated carbocycles. The molecule has 0 spiro atoms. The molecule has 0 aromatic carbocycles. The van der Waals surface area contributed by atoms with Gasteiger partial charge in [-0.2, -0.15) is 0 Å².